The van der Waals surface area contributed by atoms with Crippen LogP contribution in [-0.4, -0.2) is 5.88 Å². The summed E-state index contributed by atoms with van der Waals surface area (Å²) in [4.78, 5) is 0. The summed E-state index contributed by atoms with van der Waals surface area (Å²) in [6.45, 7) is 2.22. The van der Waals surface area contributed by atoms with Crippen LogP contribution in [0.5, 0.6) is 0 Å². The van der Waals surface area contributed by atoms with Crippen molar-refractivity contribution in [2.24, 2.45) is 0 Å². The number of unbranched alkanes of at least 4 members (excludes halogenated alkanes) is 4. The molecule has 0 aliphatic rings. The largest absolute Gasteiger partial charge is 0.127 e. The fourth-order valence-corrected chi connectivity index (χ4v) is 1.10. The monoisotopic (exact) mass is 174 g/mol. The van der Waals surface area contributed by atoms with E-state index in [1.807, 2.05) is 0 Å². The number of allylic oxidation sites excluding steroid dienone is 2. The first kappa shape index (κ1) is 11.0. The Bertz CT molecular complexity index is 86.9. The number of halogens is 1. The molecule has 0 saturated heterocycles. The van der Waals surface area contributed by atoms with Crippen LogP contribution >= 0.6 is 11.6 Å². The molecule has 0 aliphatic heterocycles. The highest BCUT2D eigenvalue weighted by Gasteiger charge is 1.82. The van der Waals surface area contributed by atoms with Crippen LogP contribution in [0, 0.1) is 0 Å². The lowest BCUT2D eigenvalue weighted by Crippen LogP contribution is -1.74. The molecule has 0 unspecified atom stereocenters. The van der Waals surface area contributed by atoms with Gasteiger partial charge in [-0.15, -0.1) is 11.6 Å². The molecule has 0 radical (unpaired) electrons. The van der Waals surface area contributed by atoms with Crippen LogP contribution < -0.4 is 0 Å². The van der Waals surface area contributed by atoms with E-state index >= 15 is 0 Å². The number of hydrogen-bond acceptors (Lipinski definition) is 0. The average Bonchev–Trinajstić information content (AvgIpc) is 2.03. The molecule has 0 N–H and O–H groups in total. The van der Waals surface area contributed by atoms with E-state index in [0.717, 1.165) is 12.3 Å². The third-order valence-electron chi connectivity index (χ3n) is 1.65. The summed E-state index contributed by atoms with van der Waals surface area (Å²) < 4.78 is 0. The Morgan fingerprint density at radius 1 is 1.00 bits per heavy atom. The summed E-state index contributed by atoms with van der Waals surface area (Å²) in [5.41, 5.74) is 0. The molecule has 0 fully saturated rings. The maximum atomic E-state index is 5.54. The van der Waals surface area contributed by atoms with Crippen molar-refractivity contribution < 1.29 is 0 Å². The van der Waals surface area contributed by atoms with Gasteiger partial charge in [-0.3, -0.25) is 0 Å². The van der Waals surface area contributed by atoms with Crippen molar-refractivity contribution in [2.75, 3.05) is 5.88 Å². The topological polar surface area (TPSA) is 0 Å². The molecular weight excluding hydrogens is 156 g/mol. The van der Waals surface area contributed by atoms with Gasteiger partial charge in [0.25, 0.3) is 0 Å². The van der Waals surface area contributed by atoms with Crippen molar-refractivity contribution in [3.8, 4) is 0 Å². The molecule has 0 saturated carbocycles. The van der Waals surface area contributed by atoms with Gasteiger partial charge < -0.3 is 0 Å². The Morgan fingerprint density at radius 2 is 1.64 bits per heavy atom. The summed E-state index contributed by atoms with van der Waals surface area (Å²) in [5, 5.41) is 0. The van der Waals surface area contributed by atoms with Crippen LogP contribution in [0.4, 0.5) is 0 Å². The maximum absolute atomic E-state index is 5.54. The van der Waals surface area contributed by atoms with Crippen LogP contribution in [0.15, 0.2) is 12.2 Å². The van der Waals surface area contributed by atoms with Crippen LogP contribution in [0.25, 0.3) is 0 Å². The van der Waals surface area contributed by atoms with Gasteiger partial charge in [0.05, 0.1) is 0 Å². The summed E-state index contributed by atoms with van der Waals surface area (Å²) in [5.74, 6) is 0.808. The van der Waals surface area contributed by atoms with Gasteiger partial charge >= 0.3 is 0 Å². The molecule has 0 rings (SSSR count). The van der Waals surface area contributed by atoms with Gasteiger partial charge in [0, 0.05) is 5.88 Å². The van der Waals surface area contributed by atoms with Gasteiger partial charge in [0.15, 0.2) is 0 Å². The van der Waals surface area contributed by atoms with Gasteiger partial charge in [0.2, 0.25) is 0 Å². The van der Waals surface area contributed by atoms with E-state index in [-0.39, 0.29) is 0 Å². The van der Waals surface area contributed by atoms with Crippen LogP contribution in [-0.2, 0) is 0 Å². The molecule has 0 aromatic carbocycles. The molecular formula is C10H19Cl. The molecule has 0 aromatic rings. The fourth-order valence-electron chi connectivity index (χ4n) is 0.914. The summed E-state index contributed by atoms with van der Waals surface area (Å²) in [6, 6.07) is 0. The summed E-state index contributed by atoms with van der Waals surface area (Å²) in [7, 11) is 0. The zero-order valence-electron chi connectivity index (χ0n) is 7.48. The second kappa shape index (κ2) is 10.0. The highest BCUT2D eigenvalue weighted by molar-refractivity contribution is 6.17. The molecule has 0 nitrogen and oxygen atoms in total. The van der Waals surface area contributed by atoms with Crippen LogP contribution in [0.1, 0.15) is 45.4 Å². The Balaban J connectivity index is 2.91. The van der Waals surface area contributed by atoms with Crippen molar-refractivity contribution in [2.45, 2.75) is 45.4 Å². The Morgan fingerprint density at radius 3 is 2.18 bits per heavy atom. The highest BCUT2D eigenvalue weighted by Crippen LogP contribution is 2.00. The second-order valence-corrected chi connectivity index (χ2v) is 3.18. The minimum Gasteiger partial charge on any atom is -0.127 e. The molecule has 66 valence electrons. The zero-order valence-corrected chi connectivity index (χ0v) is 8.24. The van der Waals surface area contributed by atoms with Gasteiger partial charge in [-0.2, -0.15) is 0 Å². The molecule has 0 heterocycles. The lowest BCUT2D eigenvalue weighted by molar-refractivity contribution is 0.795. The zero-order chi connectivity index (χ0) is 8.36. The predicted octanol–water partition coefficient (Wildman–Crippen LogP) is 4.14. The standard InChI is InChI=1S/C10H19Cl/c1-2-3-4-5-6-7-8-9-10-11/h5-6H,2-4,7-10H2,1H3/b6-5-. The van der Waals surface area contributed by atoms with E-state index in [1.54, 1.807) is 0 Å². The highest BCUT2D eigenvalue weighted by atomic mass is 35.5. The fraction of sp³-hybridized carbons (Fsp3) is 0.800. The molecule has 0 atom stereocenters. The lowest BCUT2D eigenvalue weighted by atomic mass is 10.2. The molecule has 0 bridgehead atoms. The molecule has 0 aromatic heterocycles. The van der Waals surface area contributed by atoms with E-state index in [2.05, 4.69) is 19.1 Å². The molecule has 1 heteroatoms. The van der Waals surface area contributed by atoms with Crippen LogP contribution in [0.3, 0.4) is 0 Å². The van der Waals surface area contributed by atoms with Crippen molar-refractivity contribution in [1.82, 2.24) is 0 Å². The van der Waals surface area contributed by atoms with E-state index in [4.69, 9.17) is 11.6 Å². The van der Waals surface area contributed by atoms with Gasteiger partial charge in [-0.25, -0.2) is 0 Å². The van der Waals surface area contributed by atoms with Crippen molar-refractivity contribution in [3.63, 3.8) is 0 Å². The second-order valence-electron chi connectivity index (χ2n) is 2.80. The quantitative estimate of drug-likeness (QED) is 0.309. The smallest absolute Gasteiger partial charge is 0.0223 e. The van der Waals surface area contributed by atoms with Crippen molar-refractivity contribution in [1.29, 1.82) is 0 Å². The van der Waals surface area contributed by atoms with Crippen LogP contribution in [0.2, 0.25) is 0 Å². The first-order chi connectivity index (χ1) is 5.41. The predicted molar refractivity (Wildman–Crippen MR) is 53.2 cm³/mol. The minimum absolute atomic E-state index is 0.808. The minimum atomic E-state index is 0.808. The van der Waals surface area contributed by atoms with E-state index < -0.39 is 0 Å². The van der Waals surface area contributed by atoms with E-state index in [9.17, 15) is 0 Å². The molecule has 11 heavy (non-hydrogen) atoms. The first-order valence-corrected chi connectivity index (χ1v) is 5.16. The van der Waals surface area contributed by atoms with Crippen molar-refractivity contribution in [3.05, 3.63) is 12.2 Å². The van der Waals surface area contributed by atoms with Gasteiger partial charge in [-0.1, -0.05) is 31.9 Å². The van der Waals surface area contributed by atoms with Gasteiger partial charge in [0.1, 0.15) is 0 Å². The summed E-state index contributed by atoms with van der Waals surface area (Å²) in [6.07, 6.45) is 12.0. The first-order valence-electron chi connectivity index (χ1n) is 4.62. The average molecular weight is 175 g/mol. The third kappa shape index (κ3) is 10.0. The summed E-state index contributed by atoms with van der Waals surface area (Å²) >= 11 is 5.54. The maximum Gasteiger partial charge on any atom is 0.0223 e. The number of rotatable bonds is 7. The van der Waals surface area contributed by atoms with Crippen molar-refractivity contribution >= 4 is 11.6 Å². The number of alkyl halides is 1. The normalized spacial score (nSPS) is 11.1. The Hall–Kier alpha value is 0.0300. The molecule has 0 amide bonds. The van der Waals surface area contributed by atoms with E-state index in [1.165, 1.54) is 32.1 Å². The Kier molecular flexibility index (Phi) is 10.1. The van der Waals surface area contributed by atoms with Gasteiger partial charge in [-0.05, 0) is 25.7 Å². The molecule has 0 aliphatic carbocycles. The molecule has 0 spiro atoms. The van der Waals surface area contributed by atoms with E-state index in [0.29, 0.717) is 0 Å². The Labute approximate surface area is 75.6 Å². The third-order valence-corrected chi connectivity index (χ3v) is 1.91. The SMILES string of the molecule is CCCC/C=C\CCCCCl. The number of hydrogen-bond donors (Lipinski definition) is 0. The lowest BCUT2D eigenvalue weighted by Gasteiger charge is -1.91.